The van der Waals surface area contributed by atoms with Crippen molar-refractivity contribution < 1.29 is 24.2 Å². The van der Waals surface area contributed by atoms with Gasteiger partial charge in [-0.15, -0.1) is 0 Å². The fraction of sp³-hybridized carbons (Fsp3) is 0.488. The Morgan fingerprint density at radius 2 is 1.49 bits per heavy atom. The molecule has 3 N–H and O–H groups in total. The van der Waals surface area contributed by atoms with Gasteiger partial charge in [0, 0.05) is 83.3 Å². The van der Waals surface area contributed by atoms with Gasteiger partial charge in [0.05, 0.1) is 22.9 Å². The highest BCUT2D eigenvalue weighted by Crippen LogP contribution is 2.62. The summed E-state index contributed by atoms with van der Waals surface area (Å²) < 4.78 is 20.0. The summed E-state index contributed by atoms with van der Waals surface area (Å²) in [5, 5.41) is 22.8. The van der Waals surface area contributed by atoms with Crippen LogP contribution in [0.3, 0.4) is 0 Å². The van der Waals surface area contributed by atoms with Crippen LogP contribution in [0.25, 0.3) is 23.0 Å². The number of hydrogen-bond donors (Lipinski definition) is 3. The minimum absolute atomic E-state index is 0.0621. The number of benzene rings is 2. The molecule has 2 aromatic heterocycles. The second-order valence-electron chi connectivity index (χ2n) is 16.8. The Morgan fingerprint density at radius 1 is 0.891 bits per heavy atom. The lowest BCUT2D eigenvalue weighted by Crippen LogP contribution is -2.39. The van der Waals surface area contributed by atoms with Crippen LogP contribution in [0.1, 0.15) is 94.9 Å². The predicted octanol–water partition coefficient (Wildman–Crippen LogP) is 6.29. The van der Waals surface area contributed by atoms with Crippen molar-refractivity contribution in [2.75, 3.05) is 31.5 Å². The standard InChI is InChI=1S/C43H52FN7O4/c1-26(52)21-50-18-12-37-34(22-50)46-39(49(37)5)40(53)47-33-11-7-10-31(28(33)3)30-9-6-8-29(27(30)2)20-32(44)38-45-35-23-51(19-13-36(35)48(38)4)25-42-14-16-43(24-42,17-15-42)41(54)55/h6-11,20,26,52H,12-19,21-25H2,1-5H3,(H,47,53)(H,54,55)/b32-20-/t26-,42?,43?/m1/s1. The van der Waals surface area contributed by atoms with E-state index >= 15 is 4.39 Å². The van der Waals surface area contributed by atoms with Gasteiger partial charge in [0.15, 0.2) is 17.5 Å². The number of aliphatic hydroxyl groups excluding tert-OH is 1. The lowest BCUT2D eigenvalue weighted by atomic mass is 9.81. The van der Waals surface area contributed by atoms with Crippen LogP contribution in [0.4, 0.5) is 10.1 Å². The first-order valence-corrected chi connectivity index (χ1v) is 19.6. The first-order chi connectivity index (χ1) is 26.3. The van der Waals surface area contributed by atoms with E-state index in [1.165, 1.54) is 0 Å². The summed E-state index contributed by atoms with van der Waals surface area (Å²) >= 11 is 0. The predicted molar refractivity (Wildman–Crippen MR) is 210 cm³/mol. The maximum Gasteiger partial charge on any atom is 0.309 e. The van der Waals surface area contributed by atoms with Gasteiger partial charge in [-0.05, 0) is 98.2 Å². The number of imidazole rings is 2. The Bertz CT molecular complexity index is 2210. The number of halogens is 1. The van der Waals surface area contributed by atoms with Crippen LogP contribution in [0.2, 0.25) is 0 Å². The smallest absolute Gasteiger partial charge is 0.309 e. The Hall–Kier alpha value is -4.65. The van der Waals surface area contributed by atoms with E-state index in [1.807, 2.05) is 73.5 Å². The van der Waals surface area contributed by atoms with Crippen LogP contribution in [-0.2, 0) is 44.8 Å². The highest BCUT2D eigenvalue weighted by molar-refractivity contribution is 6.03. The molecular formula is C43H52FN7O4. The van der Waals surface area contributed by atoms with Gasteiger partial charge in [0.1, 0.15) is 0 Å². The number of hydrogen-bond acceptors (Lipinski definition) is 7. The van der Waals surface area contributed by atoms with E-state index in [0.29, 0.717) is 37.0 Å². The maximum absolute atomic E-state index is 16.2. The Kier molecular flexibility index (Phi) is 9.58. The van der Waals surface area contributed by atoms with Crippen LogP contribution >= 0.6 is 0 Å². The number of nitrogens with one attached hydrogen (secondary N) is 1. The van der Waals surface area contributed by atoms with Crippen LogP contribution in [0.15, 0.2) is 36.4 Å². The number of aliphatic carboxylic acids is 1. The topological polar surface area (TPSA) is 129 Å². The Morgan fingerprint density at radius 3 is 2.15 bits per heavy atom. The van der Waals surface area contributed by atoms with Crippen LogP contribution in [0.5, 0.6) is 0 Å². The zero-order valence-electron chi connectivity index (χ0n) is 32.6. The number of nitrogens with zero attached hydrogens (tertiary/aromatic N) is 6. The van der Waals surface area contributed by atoms with Crippen molar-refractivity contribution in [3.05, 3.63) is 87.5 Å². The molecule has 55 heavy (non-hydrogen) atoms. The van der Waals surface area contributed by atoms with Gasteiger partial charge in [0.2, 0.25) is 0 Å². The van der Waals surface area contributed by atoms with Gasteiger partial charge in [-0.3, -0.25) is 19.4 Å². The molecule has 290 valence electrons. The number of β-amino-alcohol motifs (C(OH)–C–C–N with tert-alkyl or cyclic N) is 1. The molecular weight excluding hydrogens is 698 g/mol. The van der Waals surface area contributed by atoms with E-state index < -0.39 is 23.3 Å². The summed E-state index contributed by atoms with van der Waals surface area (Å²) in [7, 11) is 3.76. The lowest BCUT2D eigenvalue weighted by Gasteiger charge is -2.35. The number of aromatic nitrogens is 4. The van der Waals surface area contributed by atoms with Crippen molar-refractivity contribution >= 4 is 29.5 Å². The molecule has 11 nitrogen and oxygen atoms in total. The van der Waals surface area contributed by atoms with Gasteiger partial charge in [-0.1, -0.05) is 30.3 Å². The molecule has 12 heteroatoms. The summed E-state index contributed by atoms with van der Waals surface area (Å²) in [5.74, 6) is -0.656. The highest BCUT2D eigenvalue weighted by atomic mass is 19.1. The molecule has 1 amide bonds. The van der Waals surface area contributed by atoms with E-state index in [1.54, 1.807) is 13.0 Å². The third-order valence-electron chi connectivity index (χ3n) is 13.1. The third kappa shape index (κ3) is 6.72. The largest absolute Gasteiger partial charge is 0.481 e. The number of rotatable bonds is 10. The van der Waals surface area contributed by atoms with E-state index in [0.717, 1.165) is 115 Å². The average molecular weight is 750 g/mol. The molecule has 0 unspecified atom stereocenters. The lowest BCUT2D eigenvalue weighted by molar-refractivity contribution is -0.148. The molecule has 0 spiro atoms. The van der Waals surface area contributed by atoms with Gasteiger partial charge in [0.25, 0.3) is 5.91 Å². The number of fused-ring (bicyclic) bond motifs is 4. The third-order valence-corrected chi connectivity index (χ3v) is 13.1. The first-order valence-electron chi connectivity index (χ1n) is 19.6. The highest BCUT2D eigenvalue weighted by Gasteiger charge is 2.58. The maximum atomic E-state index is 16.2. The summed E-state index contributed by atoms with van der Waals surface area (Å²) in [6, 6.07) is 11.7. The molecule has 8 rings (SSSR count). The van der Waals surface area contributed by atoms with Crippen LogP contribution in [0, 0.1) is 24.7 Å². The van der Waals surface area contributed by atoms with Crippen molar-refractivity contribution in [1.29, 1.82) is 0 Å². The molecule has 0 radical (unpaired) electrons. The molecule has 2 aromatic carbocycles. The van der Waals surface area contributed by atoms with Crippen LogP contribution in [-0.4, -0.2) is 83.3 Å². The first kappa shape index (κ1) is 37.3. The minimum atomic E-state index is -0.639. The molecule has 0 saturated heterocycles. The second kappa shape index (κ2) is 14.1. The van der Waals surface area contributed by atoms with Crippen molar-refractivity contribution in [1.82, 2.24) is 28.9 Å². The van der Waals surface area contributed by atoms with Crippen molar-refractivity contribution in [2.24, 2.45) is 24.9 Å². The molecule has 4 heterocycles. The summed E-state index contributed by atoms with van der Waals surface area (Å²) in [4.78, 5) is 39.7. The molecule has 1 atom stereocenters. The number of amides is 1. The number of carboxylic acids is 1. The molecule has 2 aliphatic carbocycles. The fourth-order valence-electron chi connectivity index (χ4n) is 10.1. The normalized spacial score (nSPS) is 23.1. The molecule has 4 aromatic rings. The Balaban J connectivity index is 0.987. The minimum Gasteiger partial charge on any atom is -0.481 e. The second-order valence-corrected chi connectivity index (χ2v) is 16.8. The van der Waals surface area contributed by atoms with Crippen molar-refractivity contribution in [3.8, 4) is 11.1 Å². The number of carboxylic acid groups (broad SMARTS) is 1. The van der Waals surface area contributed by atoms with Crippen LogP contribution < -0.4 is 5.32 Å². The summed E-state index contributed by atoms with van der Waals surface area (Å²) in [6.07, 6.45) is 6.90. The molecule has 2 aliphatic heterocycles. The number of aliphatic hydroxyl groups is 1. The van der Waals surface area contributed by atoms with E-state index in [4.69, 9.17) is 9.97 Å². The van der Waals surface area contributed by atoms with E-state index in [-0.39, 0.29) is 11.3 Å². The Labute approximate surface area is 321 Å². The van der Waals surface area contributed by atoms with E-state index in [9.17, 15) is 19.8 Å². The molecule has 2 bridgehead atoms. The summed E-state index contributed by atoms with van der Waals surface area (Å²) in [6.45, 7) is 10.1. The van der Waals surface area contributed by atoms with E-state index in [2.05, 4.69) is 15.1 Å². The van der Waals surface area contributed by atoms with Crippen molar-refractivity contribution in [3.63, 3.8) is 0 Å². The van der Waals surface area contributed by atoms with Crippen molar-refractivity contribution in [2.45, 2.75) is 84.9 Å². The monoisotopic (exact) mass is 749 g/mol. The molecule has 4 aliphatic rings. The van der Waals surface area contributed by atoms with Gasteiger partial charge < -0.3 is 24.7 Å². The van der Waals surface area contributed by atoms with Gasteiger partial charge >= 0.3 is 5.97 Å². The molecule has 2 fully saturated rings. The quantitative estimate of drug-likeness (QED) is 0.173. The number of carbonyl (C=O) groups excluding carboxylic acids is 1. The zero-order valence-corrected chi connectivity index (χ0v) is 32.6. The number of carbonyl (C=O) groups is 2. The molecule has 2 saturated carbocycles. The summed E-state index contributed by atoms with van der Waals surface area (Å²) in [5.41, 5.74) is 8.51. The SMILES string of the molecule is Cc1c(/C=C(\F)c2nc3c(n2C)CCN(CC24CCC(C(=O)O)(CC2)C4)C3)cccc1-c1cccc(NC(=O)c2nc3c(n2C)CCN(C[C@@H](C)O)C3)c1C. The average Bonchev–Trinajstić information content (AvgIpc) is 3.90. The zero-order chi connectivity index (χ0) is 38.8. The fourth-order valence-corrected chi connectivity index (χ4v) is 10.1. The van der Waals surface area contributed by atoms with Gasteiger partial charge in [-0.25, -0.2) is 14.4 Å². The number of anilines is 1. The van der Waals surface area contributed by atoms with Gasteiger partial charge in [-0.2, -0.15) is 0 Å².